The van der Waals surface area contributed by atoms with E-state index in [2.05, 4.69) is 9.97 Å². The zero-order chi connectivity index (χ0) is 11.0. The van der Waals surface area contributed by atoms with Crippen molar-refractivity contribution in [3.63, 3.8) is 0 Å². The summed E-state index contributed by atoms with van der Waals surface area (Å²) in [6.45, 7) is 0. The molecule has 0 aliphatic heterocycles. The third kappa shape index (κ3) is 2.16. The van der Waals surface area contributed by atoms with E-state index in [-0.39, 0.29) is 0 Å². The number of hydrogen-bond acceptors (Lipinski definition) is 3. The first-order valence-corrected chi connectivity index (χ1v) is 6.34. The zero-order valence-corrected chi connectivity index (χ0v) is 10.7. The van der Waals surface area contributed by atoms with Gasteiger partial charge in [0.05, 0.1) is 10.5 Å². The second-order valence-corrected chi connectivity index (χ2v) is 4.76. The number of thioether (sulfide) groups is 1. The zero-order valence-electron chi connectivity index (χ0n) is 7.59. The van der Waals surface area contributed by atoms with Gasteiger partial charge in [-0.3, -0.25) is 0 Å². The second-order valence-electron chi connectivity index (χ2n) is 2.78. The molecular weight excluding hydrogens is 275 g/mol. The molecule has 1 heterocycles. The number of nitrogens with zero attached hydrogens (tertiary/aromatic N) is 2. The Balaban J connectivity index is 2.85. The molecule has 78 valence electrons. The standard InChI is InChI=1S/C9H5Cl3N2S/c1-15-9-13-7-5(8(12)14-9)2-4(10)3-6(7)11/h2-3H,1H3. The highest BCUT2D eigenvalue weighted by Crippen LogP contribution is 2.31. The molecule has 0 spiro atoms. The molecule has 0 amide bonds. The molecule has 1 aromatic carbocycles. The Morgan fingerprint density at radius 2 is 1.87 bits per heavy atom. The van der Waals surface area contributed by atoms with Crippen molar-refractivity contribution in [1.82, 2.24) is 9.97 Å². The molecule has 0 saturated heterocycles. The first-order chi connectivity index (χ1) is 7.11. The fourth-order valence-electron chi connectivity index (χ4n) is 1.19. The van der Waals surface area contributed by atoms with E-state index in [0.29, 0.717) is 31.3 Å². The highest BCUT2D eigenvalue weighted by Gasteiger charge is 2.09. The summed E-state index contributed by atoms with van der Waals surface area (Å²) in [6.07, 6.45) is 1.88. The number of aromatic nitrogens is 2. The lowest BCUT2D eigenvalue weighted by Gasteiger charge is -2.04. The number of benzene rings is 1. The van der Waals surface area contributed by atoms with Crippen LogP contribution in [0.5, 0.6) is 0 Å². The predicted octanol–water partition coefficient (Wildman–Crippen LogP) is 4.31. The van der Waals surface area contributed by atoms with E-state index in [0.717, 1.165) is 0 Å². The van der Waals surface area contributed by atoms with Crippen molar-refractivity contribution < 1.29 is 0 Å². The number of fused-ring (bicyclic) bond motifs is 1. The van der Waals surface area contributed by atoms with E-state index in [1.54, 1.807) is 12.1 Å². The molecule has 0 fully saturated rings. The lowest BCUT2D eigenvalue weighted by Crippen LogP contribution is -1.90. The third-order valence-corrected chi connectivity index (χ3v) is 3.18. The maximum Gasteiger partial charge on any atom is 0.189 e. The molecule has 0 bridgehead atoms. The van der Waals surface area contributed by atoms with E-state index in [4.69, 9.17) is 34.8 Å². The van der Waals surface area contributed by atoms with Gasteiger partial charge in [0.25, 0.3) is 0 Å². The Kier molecular flexibility index (Phi) is 3.26. The lowest BCUT2D eigenvalue weighted by atomic mass is 10.2. The largest absolute Gasteiger partial charge is 0.221 e. The predicted molar refractivity (Wildman–Crippen MR) is 66.3 cm³/mol. The molecule has 0 radical (unpaired) electrons. The summed E-state index contributed by atoms with van der Waals surface area (Å²) in [7, 11) is 0. The van der Waals surface area contributed by atoms with Gasteiger partial charge in [-0.25, -0.2) is 9.97 Å². The van der Waals surface area contributed by atoms with Crippen LogP contribution in [-0.2, 0) is 0 Å². The summed E-state index contributed by atoms with van der Waals surface area (Å²) < 4.78 is 0. The van der Waals surface area contributed by atoms with Crippen molar-refractivity contribution in [2.75, 3.05) is 6.26 Å². The van der Waals surface area contributed by atoms with Gasteiger partial charge in [-0.1, -0.05) is 46.6 Å². The van der Waals surface area contributed by atoms with Crippen molar-refractivity contribution >= 4 is 57.5 Å². The smallest absolute Gasteiger partial charge is 0.189 e. The SMILES string of the molecule is CSc1nc(Cl)c2cc(Cl)cc(Cl)c2n1. The Morgan fingerprint density at radius 3 is 2.53 bits per heavy atom. The second kappa shape index (κ2) is 4.34. The quantitative estimate of drug-likeness (QED) is 0.442. The molecule has 0 aliphatic rings. The maximum absolute atomic E-state index is 6.02. The summed E-state index contributed by atoms with van der Waals surface area (Å²) in [6, 6.07) is 3.34. The number of rotatable bonds is 1. The maximum atomic E-state index is 6.02. The van der Waals surface area contributed by atoms with Crippen molar-refractivity contribution in [2.24, 2.45) is 0 Å². The summed E-state index contributed by atoms with van der Waals surface area (Å²) >= 11 is 19.3. The van der Waals surface area contributed by atoms with Gasteiger partial charge in [0, 0.05) is 10.4 Å². The van der Waals surface area contributed by atoms with Crippen LogP contribution < -0.4 is 0 Å². The fraction of sp³-hybridized carbons (Fsp3) is 0.111. The summed E-state index contributed by atoms with van der Waals surface area (Å²) in [4.78, 5) is 8.37. The van der Waals surface area contributed by atoms with Crippen molar-refractivity contribution in [1.29, 1.82) is 0 Å². The van der Waals surface area contributed by atoms with Gasteiger partial charge in [0.15, 0.2) is 5.16 Å². The van der Waals surface area contributed by atoms with Gasteiger partial charge in [-0.05, 0) is 18.4 Å². The van der Waals surface area contributed by atoms with Crippen LogP contribution in [0, 0.1) is 0 Å². The molecule has 2 rings (SSSR count). The Morgan fingerprint density at radius 1 is 1.13 bits per heavy atom. The monoisotopic (exact) mass is 278 g/mol. The molecule has 0 saturated carbocycles. The molecule has 2 aromatic rings. The Bertz CT molecular complexity index is 530. The van der Waals surface area contributed by atoms with Gasteiger partial charge in [0.1, 0.15) is 5.15 Å². The first kappa shape index (κ1) is 11.3. The van der Waals surface area contributed by atoms with Gasteiger partial charge < -0.3 is 0 Å². The molecule has 15 heavy (non-hydrogen) atoms. The highest BCUT2D eigenvalue weighted by molar-refractivity contribution is 7.98. The number of hydrogen-bond donors (Lipinski definition) is 0. The van der Waals surface area contributed by atoms with E-state index >= 15 is 0 Å². The van der Waals surface area contributed by atoms with Gasteiger partial charge >= 0.3 is 0 Å². The van der Waals surface area contributed by atoms with E-state index < -0.39 is 0 Å². The minimum atomic E-state index is 0.369. The normalized spacial score (nSPS) is 10.9. The van der Waals surface area contributed by atoms with Crippen LogP contribution in [0.3, 0.4) is 0 Å². The van der Waals surface area contributed by atoms with Crippen LogP contribution in [-0.4, -0.2) is 16.2 Å². The van der Waals surface area contributed by atoms with Crippen LogP contribution >= 0.6 is 46.6 Å². The highest BCUT2D eigenvalue weighted by atomic mass is 35.5. The minimum absolute atomic E-state index is 0.369. The van der Waals surface area contributed by atoms with Gasteiger partial charge in [0.2, 0.25) is 0 Å². The topological polar surface area (TPSA) is 25.8 Å². The Hall–Kier alpha value is -0.220. The molecule has 6 heteroatoms. The van der Waals surface area contributed by atoms with Crippen molar-refractivity contribution in [2.45, 2.75) is 5.16 Å². The average molecular weight is 280 g/mol. The fourth-order valence-corrected chi connectivity index (χ4v) is 2.37. The summed E-state index contributed by atoms with van der Waals surface area (Å²) in [5, 5.41) is 2.64. The van der Waals surface area contributed by atoms with Crippen molar-refractivity contribution in [3.8, 4) is 0 Å². The summed E-state index contributed by atoms with van der Waals surface area (Å²) in [5.74, 6) is 0. The third-order valence-electron chi connectivity index (χ3n) is 1.83. The molecule has 1 aromatic heterocycles. The molecule has 0 N–H and O–H groups in total. The molecule has 0 unspecified atom stereocenters. The van der Waals surface area contributed by atoms with Crippen LogP contribution in [0.25, 0.3) is 10.9 Å². The first-order valence-electron chi connectivity index (χ1n) is 3.98. The van der Waals surface area contributed by atoms with Gasteiger partial charge in [-0.15, -0.1) is 0 Å². The molecule has 2 nitrogen and oxygen atoms in total. The van der Waals surface area contributed by atoms with E-state index in [1.807, 2.05) is 6.26 Å². The lowest BCUT2D eigenvalue weighted by molar-refractivity contribution is 1.01. The van der Waals surface area contributed by atoms with Crippen LogP contribution in [0.15, 0.2) is 17.3 Å². The molecule has 0 atom stereocenters. The molecule has 0 aliphatic carbocycles. The van der Waals surface area contributed by atoms with Crippen LogP contribution in [0.1, 0.15) is 0 Å². The number of halogens is 3. The van der Waals surface area contributed by atoms with E-state index in [1.165, 1.54) is 11.8 Å². The van der Waals surface area contributed by atoms with E-state index in [9.17, 15) is 0 Å². The van der Waals surface area contributed by atoms with Crippen LogP contribution in [0.4, 0.5) is 0 Å². The van der Waals surface area contributed by atoms with Gasteiger partial charge in [-0.2, -0.15) is 0 Å². The average Bonchev–Trinajstić information content (AvgIpc) is 2.19. The minimum Gasteiger partial charge on any atom is -0.221 e. The van der Waals surface area contributed by atoms with Crippen LogP contribution in [0.2, 0.25) is 15.2 Å². The van der Waals surface area contributed by atoms with Crippen molar-refractivity contribution in [3.05, 3.63) is 27.3 Å². The Labute approximate surface area is 106 Å². The summed E-state index contributed by atoms with van der Waals surface area (Å²) in [5.41, 5.74) is 0.630. The molecular formula is C9H5Cl3N2S.